The van der Waals surface area contributed by atoms with Crippen LogP contribution in [0.15, 0.2) is 0 Å². The van der Waals surface area contributed by atoms with Gasteiger partial charge in [0.05, 0.1) is 6.61 Å². The van der Waals surface area contributed by atoms with Crippen LogP contribution in [0.5, 0.6) is 0 Å². The van der Waals surface area contributed by atoms with Crippen LogP contribution in [0.1, 0.15) is 13.3 Å². The van der Waals surface area contributed by atoms with E-state index in [4.69, 9.17) is 5.11 Å². The molecule has 0 aromatic carbocycles. The Kier molecular flexibility index (Phi) is 2.50. The molecule has 2 nitrogen and oxygen atoms in total. The molecule has 0 bridgehead atoms. The third-order valence-corrected chi connectivity index (χ3v) is 2.51. The van der Waals surface area contributed by atoms with E-state index >= 15 is 0 Å². The van der Waals surface area contributed by atoms with Crippen molar-refractivity contribution in [1.29, 1.82) is 0 Å². The van der Waals surface area contributed by atoms with Crippen molar-refractivity contribution in [3.05, 3.63) is 0 Å². The monoisotopic (exact) mass is 161 g/mol. The molecule has 1 aliphatic heterocycles. The van der Waals surface area contributed by atoms with Crippen molar-refractivity contribution in [2.75, 3.05) is 26.7 Å². The average Bonchev–Trinajstić information content (AvgIpc) is 1.98. The maximum Gasteiger partial charge on any atom is 0.110 e. The molecule has 1 fully saturated rings. The van der Waals surface area contributed by atoms with E-state index in [0.717, 1.165) is 6.54 Å². The Morgan fingerprint density at radius 1 is 1.73 bits per heavy atom. The number of alkyl halides is 1. The molecule has 1 saturated heterocycles. The summed E-state index contributed by atoms with van der Waals surface area (Å²) in [5, 5.41) is 8.97. The molecule has 3 heteroatoms. The lowest BCUT2D eigenvalue weighted by Gasteiger charge is -2.40. The molecule has 66 valence electrons. The fraction of sp³-hybridized carbons (Fsp3) is 1.00. The number of aliphatic hydroxyl groups excluding tert-OH is 1. The lowest BCUT2D eigenvalue weighted by atomic mass is 9.81. The molecule has 1 heterocycles. The van der Waals surface area contributed by atoms with E-state index in [9.17, 15) is 4.39 Å². The Bertz CT molecular complexity index is 142. The number of halogens is 1. The number of rotatable bonds is 1. The first-order valence-electron chi connectivity index (χ1n) is 4.02. The summed E-state index contributed by atoms with van der Waals surface area (Å²) in [7, 11) is 1.96. The first-order valence-corrected chi connectivity index (χ1v) is 4.02. The van der Waals surface area contributed by atoms with Crippen molar-refractivity contribution in [3.63, 3.8) is 0 Å². The molecule has 0 spiro atoms. The minimum absolute atomic E-state index is 0.0570. The fourth-order valence-corrected chi connectivity index (χ4v) is 1.63. The predicted octanol–water partition coefficient (Wildman–Crippen LogP) is 0.659. The minimum atomic E-state index is -0.844. The van der Waals surface area contributed by atoms with Crippen LogP contribution in [-0.4, -0.2) is 42.9 Å². The average molecular weight is 161 g/mol. The first-order chi connectivity index (χ1) is 5.08. The van der Waals surface area contributed by atoms with Crippen molar-refractivity contribution in [2.45, 2.75) is 19.5 Å². The highest BCUT2D eigenvalue weighted by atomic mass is 19.1. The van der Waals surface area contributed by atoms with Crippen LogP contribution in [0, 0.1) is 5.41 Å². The second-order valence-corrected chi connectivity index (χ2v) is 3.81. The van der Waals surface area contributed by atoms with Crippen molar-refractivity contribution in [1.82, 2.24) is 4.90 Å². The zero-order chi connectivity index (χ0) is 8.48. The summed E-state index contributed by atoms with van der Waals surface area (Å²) in [4.78, 5) is 2.06. The number of likely N-dealkylation sites (tertiary alicyclic amines) is 1. The second-order valence-electron chi connectivity index (χ2n) is 3.81. The molecule has 0 radical (unpaired) electrons. The highest BCUT2D eigenvalue weighted by molar-refractivity contribution is 4.89. The number of piperidine rings is 1. The van der Waals surface area contributed by atoms with Crippen LogP contribution < -0.4 is 0 Å². The van der Waals surface area contributed by atoms with Crippen LogP contribution in [0.3, 0.4) is 0 Å². The molecule has 0 aromatic heterocycles. The molecule has 1 aliphatic rings. The smallest absolute Gasteiger partial charge is 0.110 e. The third-order valence-electron chi connectivity index (χ3n) is 2.51. The van der Waals surface area contributed by atoms with E-state index in [1.165, 1.54) is 0 Å². The molecule has 1 unspecified atom stereocenters. The summed E-state index contributed by atoms with van der Waals surface area (Å²) in [5.74, 6) is 0. The van der Waals surface area contributed by atoms with Crippen LogP contribution in [0.4, 0.5) is 4.39 Å². The first kappa shape index (κ1) is 8.94. The Hall–Kier alpha value is -0.150. The lowest BCUT2D eigenvalue weighted by Crippen LogP contribution is -2.48. The van der Waals surface area contributed by atoms with Gasteiger partial charge in [0, 0.05) is 18.5 Å². The van der Waals surface area contributed by atoms with Gasteiger partial charge in [-0.15, -0.1) is 0 Å². The van der Waals surface area contributed by atoms with Crippen LogP contribution in [0.25, 0.3) is 0 Å². The SMILES string of the molecule is CN1CCC(F)[C@](C)(CO)C1. The molecular weight excluding hydrogens is 145 g/mol. The van der Waals surface area contributed by atoms with Crippen LogP contribution in [-0.2, 0) is 0 Å². The predicted molar refractivity (Wildman–Crippen MR) is 42.2 cm³/mol. The van der Waals surface area contributed by atoms with Crippen LogP contribution in [0.2, 0.25) is 0 Å². The summed E-state index contributed by atoms with van der Waals surface area (Å²) in [6.07, 6.45) is -0.295. The molecule has 0 aliphatic carbocycles. The van der Waals surface area contributed by atoms with E-state index in [1.54, 1.807) is 6.92 Å². The van der Waals surface area contributed by atoms with Gasteiger partial charge in [0.25, 0.3) is 0 Å². The highest BCUT2D eigenvalue weighted by Gasteiger charge is 2.38. The summed E-state index contributed by atoms with van der Waals surface area (Å²) in [6.45, 7) is 3.20. The lowest BCUT2D eigenvalue weighted by molar-refractivity contribution is -0.0138. The largest absolute Gasteiger partial charge is 0.396 e. The van der Waals surface area contributed by atoms with Gasteiger partial charge in [-0.3, -0.25) is 0 Å². The standard InChI is InChI=1S/C8H16FNO/c1-8(6-11)5-10(2)4-3-7(8)9/h7,11H,3-6H2,1-2H3/t7?,8-/m0/s1. The van der Waals surface area contributed by atoms with E-state index < -0.39 is 11.6 Å². The van der Waals surface area contributed by atoms with Gasteiger partial charge < -0.3 is 10.0 Å². The Morgan fingerprint density at radius 3 is 2.82 bits per heavy atom. The molecule has 2 atom stereocenters. The maximum absolute atomic E-state index is 13.2. The molecule has 0 saturated carbocycles. The summed E-state index contributed by atoms with van der Waals surface area (Å²) in [5.41, 5.74) is -0.535. The maximum atomic E-state index is 13.2. The molecule has 1 N–H and O–H groups in total. The second kappa shape index (κ2) is 3.07. The third kappa shape index (κ3) is 1.71. The zero-order valence-electron chi connectivity index (χ0n) is 7.18. The Morgan fingerprint density at radius 2 is 2.36 bits per heavy atom. The van der Waals surface area contributed by atoms with Gasteiger partial charge in [-0.1, -0.05) is 6.92 Å². The van der Waals surface area contributed by atoms with E-state index in [2.05, 4.69) is 4.90 Å². The number of nitrogens with zero attached hydrogens (tertiary/aromatic N) is 1. The van der Waals surface area contributed by atoms with Gasteiger partial charge in [0.15, 0.2) is 0 Å². The van der Waals surface area contributed by atoms with Crippen molar-refractivity contribution < 1.29 is 9.50 Å². The van der Waals surface area contributed by atoms with Gasteiger partial charge >= 0.3 is 0 Å². The topological polar surface area (TPSA) is 23.5 Å². The highest BCUT2D eigenvalue weighted by Crippen LogP contribution is 2.30. The minimum Gasteiger partial charge on any atom is -0.396 e. The zero-order valence-corrected chi connectivity index (χ0v) is 7.18. The van der Waals surface area contributed by atoms with Crippen LogP contribution >= 0.6 is 0 Å². The normalized spacial score (nSPS) is 40.9. The van der Waals surface area contributed by atoms with Crippen molar-refractivity contribution >= 4 is 0 Å². The van der Waals surface area contributed by atoms with Gasteiger partial charge in [0.1, 0.15) is 6.17 Å². The fourth-order valence-electron chi connectivity index (χ4n) is 1.63. The quantitative estimate of drug-likeness (QED) is 0.610. The summed E-state index contributed by atoms with van der Waals surface area (Å²) in [6, 6.07) is 0. The number of hydrogen-bond donors (Lipinski definition) is 1. The molecular formula is C8H16FNO. The number of hydrogen-bond acceptors (Lipinski definition) is 2. The van der Waals surface area contributed by atoms with Crippen molar-refractivity contribution in [2.24, 2.45) is 5.41 Å². The Balaban J connectivity index is 2.60. The van der Waals surface area contributed by atoms with Gasteiger partial charge in [-0.05, 0) is 13.5 Å². The van der Waals surface area contributed by atoms with E-state index in [-0.39, 0.29) is 6.61 Å². The summed E-state index contributed by atoms with van der Waals surface area (Å²) < 4.78 is 13.2. The molecule has 1 rings (SSSR count). The number of aliphatic hydroxyl groups is 1. The van der Waals surface area contributed by atoms with Gasteiger partial charge in [0.2, 0.25) is 0 Å². The van der Waals surface area contributed by atoms with E-state index in [0.29, 0.717) is 13.0 Å². The molecule has 11 heavy (non-hydrogen) atoms. The van der Waals surface area contributed by atoms with Gasteiger partial charge in [-0.25, -0.2) is 4.39 Å². The Labute approximate surface area is 67.0 Å². The van der Waals surface area contributed by atoms with E-state index in [1.807, 2.05) is 7.05 Å². The van der Waals surface area contributed by atoms with Gasteiger partial charge in [-0.2, -0.15) is 0 Å². The van der Waals surface area contributed by atoms with Crippen molar-refractivity contribution in [3.8, 4) is 0 Å². The summed E-state index contributed by atoms with van der Waals surface area (Å²) >= 11 is 0. The molecule has 0 aromatic rings. The molecule has 0 amide bonds.